The van der Waals surface area contributed by atoms with Gasteiger partial charge < -0.3 is 15.6 Å². The van der Waals surface area contributed by atoms with Crippen molar-refractivity contribution in [3.63, 3.8) is 0 Å². The van der Waals surface area contributed by atoms with E-state index in [1.807, 2.05) is 6.07 Å². The van der Waals surface area contributed by atoms with Crippen LogP contribution >= 0.6 is 0 Å². The second-order valence-electron chi connectivity index (χ2n) is 5.96. The summed E-state index contributed by atoms with van der Waals surface area (Å²) in [5.74, 6) is -1.19. The van der Waals surface area contributed by atoms with Gasteiger partial charge in [0, 0.05) is 16.7 Å². The molecule has 1 amide bonds. The molecule has 0 bridgehead atoms. The SMILES string of the molecule is Cc1cc(O)ccc1C(=NO)NC(=O)c1ccc(-c2ccccc2)c(F)c1. The van der Waals surface area contributed by atoms with E-state index in [2.05, 4.69) is 10.5 Å². The Morgan fingerprint density at radius 3 is 2.41 bits per heavy atom. The maximum Gasteiger partial charge on any atom is 0.257 e. The number of aryl methyl sites for hydroxylation is 1. The van der Waals surface area contributed by atoms with Crippen molar-refractivity contribution in [2.75, 3.05) is 0 Å². The van der Waals surface area contributed by atoms with Crippen molar-refractivity contribution in [1.82, 2.24) is 5.32 Å². The number of rotatable bonds is 3. The highest BCUT2D eigenvalue weighted by Gasteiger charge is 2.15. The van der Waals surface area contributed by atoms with Crippen LogP contribution in [0.2, 0.25) is 0 Å². The van der Waals surface area contributed by atoms with Crippen LogP contribution in [-0.4, -0.2) is 22.1 Å². The molecule has 3 rings (SSSR count). The van der Waals surface area contributed by atoms with Crippen LogP contribution in [0.1, 0.15) is 21.5 Å². The molecule has 5 nitrogen and oxygen atoms in total. The molecule has 6 heteroatoms. The molecule has 0 radical (unpaired) electrons. The summed E-state index contributed by atoms with van der Waals surface area (Å²) >= 11 is 0. The van der Waals surface area contributed by atoms with E-state index in [0.29, 0.717) is 22.3 Å². The minimum Gasteiger partial charge on any atom is -0.508 e. The first kappa shape index (κ1) is 18.1. The summed E-state index contributed by atoms with van der Waals surface area (Å²) in [5.41, 5.74) is 2.22. The fraction of sp³-hybridized carbons (Fsp3) is 0.0476. The quantitative estimate of drug-likeness (QED) is 0.284. The lowest BCUT2D eigenvalue weighted by atomic mass is 10.0. The highest BCUT2D eigenvalue weighted by atomic mass is 19.1. The number of nitrogens with one attached hydrogen (secondary N) is 1. The van der Waals surface area contributed by atoms with Gasteiger partial charge in [-0.2, -0.15) is 0 Å². The zero-order valence-electron chi connectivity index (χ0n) is 14.5. The van der Waals surface area contributed by atoms with Crippen molar-refractivity contribution in [3.8, 4) is 16.9 Å². The van der Waals surface area contributed by atoms with Crippen LogP contribution in [0.15, 0.2) is 71.9 Å². The monoisotopic (exact) mass is 364 g/mol. The Bertz CT molecular complexity index is 1020. The number of hydrogen-bond donors (Lipinski definition) is 3. The van der Waals surface area contributed by atoms with Gasteiger partial charge in [-0.05, 0) is 48.4 Å². The van der Waals surface area contributed by atoms with Crippen LogP contribution in [0, 0.1) is 12.7 Å². The average Bonchev–Trinajstić information content (AvgIpc) is 2.67. The predicted molar refractivity (Wildman–Crippen MR) is 100 cm³/mol. The topological polar surface area (TPSA) is 81.9 Å². The van der Waals surface area contributed by atoms with E-state index in [0.717, 1.165) is 6.07 Å². The number of oxime groups is 1. The molecule has 0 aliphatic heterocycles. The average molecular weight is 364 g/mol. The van der Waals surface area contributed by atoms with Crippen LogP contribution < -0.4 is 5.32 Å². The Kier molecular flexibility index (Phi) is 5.17. The molecule has 0 fully saturated rings. The molecule has 136 valence electrons. The Balaban J connectivity index is 1.84. The summed E-state index contributed by atoms with van der Waals surface area (Å²) < 4.78 is 14.5. The molecule has 0 aromatic heterocycles. The number of phenolic OH excluding ortho intramolecular Hbond substituents is 1. The van der Waals surface area contributed by atoms with Crippen LogP contribution in [0.3, 0.4) is 0 Å². The normalized spacial score (nSPS) is 11.3. The molecule has 3 N–H and O–H groups in total. The molecule has 0 saturated heterocycles. The third kappa shape index (κ3) is 3.95. The first-order chi connectivity index (χ1) is 13.0. The van der Waals surface area contributed by atoms with Gasteiger partial charge >= 0.3 is 0 Å². The van der Waals surface area contributed by atoms with E-state index in [4.69, 9.17) is 0 Å². The maximum absolute atomic E-state index is 14.5. The van der Waals surface area contributed by atoms with Gasteiger partial charge in [0.2, 0.25) is 0 Å². The molecule has 0 heterocycles. The lowest BCUT2D eigenvalue weighted by molar-refractivity contribution is 0.0975. The fourth-order valence-corrected chi connectivity index (χ4v) is 2.75. The van der Waals surface area contributed by atoms with Crippen LogP contribution in [0.25, 0.3) is 11.1 Å². The lowest BCUT2D eigenvalue weighted by Crippen LogP contribution is -2.32. The highest BCUT2D eigenvalue weighted by molar-refractivity contribution is 6.13. The fourth-order valence-electron chi connectivity index (χ4n) is 2.75. The third-order valence-electron chi connectivity index (χ3n) is 4.11. The highest BCUT2D eigenvalue weighted by Crippen LogP contribution is 2.23. The van der Waals surface area contributed by atoms with E-state index >= 15 is 0 Å². The van der Waals surface area contributed by atoms with Crippen molar-refractivity contribution < 1.29 is 19.5 Å². The summed E-state index contributed by atoms with van der Waals surface area (Å²) in [4.78, 5) is 12.4. The Labute approximate surface area is 155 Å². The zero-order valence-corrected chi connectivity index (χ0v) is 14.5. The Hall–Kier alpha value is -3.67. The largest absolute Gasteiger partial charge is 0.508 e. The maximum atomic E-state index is 14.5. The number of halogens is 1. The number of amidine groups is 1. The summed E-state index contributed by atoms with van der Waals surface area (Å²) in [7, 11) is 0. The van der Waals surface area contributed by atoms with Crippen molar-refractivity contribution >= 4 is 11.7 Å². The molecule has 3 aromatic carbocycles. The van der Waals surface area contributed by atoms with Gasteiger partial charge in [0.25, 0.3) is 5.91 Å². The number of carbonyl (C=O) groups is 1. The first-order valence-electron chi connectivity index (χ1n) is 8.18. The number of hydrogen-bond acceptors (Lipinski definition) is 4. The van der Waals surface area contributed by atoms with Gasteiger partial charge in [0.1, 0.15) is 11.6 Å². The van der Waals surface area contributed by atoms with Crippen molar-refractivity contribution in [2.45, 2.75) is 6.92 Å². The van der Waals surface area contributed by atoms with Crippen molar-refractivity contribution in [1.29, 1.82) is 0 Å². The van der Waals surface area contributed by atoms with Gasteiger partial charge in [-0.1, -0.05) is 41.6 Å². The second kappa shape index (κ2) is 7.70. The number of amides is 1. The van der Waals surface area contributed by atoms with E-state index in [1.54, 1.807) is 31.2 Å². The van der Waals surface area contributed by atoms with Gasteiger partial charge in [-0.3, -0.25) is 4.79 Å². The van der Waals surface area contributed by atoms with Gasteiger partial charge in [0.15, 0.2) is 5.84 Å². The minimum absolute atomic E-state index is 0.0541. The molecule has 27 heavy (non-hydrogen) atoms. The molecule has 0 spiro atoms. The van der Waals surface area contributed by atoms with E-state index in [-0.39, 0.29) is 17.1 Å². The number of nitrogens with zero attached hydrogens (tertiary/aromatic N) is 1. The summed E-state index contributed by atoms with van der Waals surface area (Å²) in [6.07, 6.45) is 0. The lowest BCUT2D eigenvalue weighted by Gasteiger charge is -2.11. The number of aromatic hydroxyl groups is 1. The first-order valence-corrected chi connectivity index (χ1v) is 8.18. The van der Waals surface area contributed by atoms with Crippen LogP contribution in [-0.2, 0) is 0 Å². The van der Waals surface area contributed by atoms with E-state index < -0.39 is 11.7 Å². The van der Waals surface area contributed by atoms with E-state index in [9.17, 15) is 19.5 Å². The van der Waals surface area contributed by atoms with Gasteiger partial charge in [0.05, 0.1) is 0 Å². The molecule has 0 aliphatic rings. The van der Waals surface area contributed by atoms with Gasteiger partial charge in [-0.15, -0.1) is 0 Å². The number of phenols is 1. The smallest absolute Gasteiger partial charge is 0.257 e. The van der Waals surface area contributed by atoms with Crippen LogP contribution in [0.5, 0.6) is 5.75 Å². The molecule has 0 saturated carbocycles. The zero-order chi connectivity index (χ0) is 19.4. The summed E-state index contributed by atoms with van der Waals surface area (Å²) in [6, 6.07) is 17.6. The third-order valence-corrected chi connectivity index (χ3v) is 4.11. The number of carbonyl (C=O) groups excluding carboxylic acids is 1. The minimum atomic E-state index is -0.617. The van der Waals surface area contributed by atoms with E-state index in [1.165, 1.54) is 30.3 Å². The molecule has 3 aromatic rings. The molecule has 0 atom stereocenters. The standard InChI is InChI=1S/C21H17FN2O3/c1-13-11-16(25)8-10-17(13)20(24-27)23-21(26)15-7-9-18(19(22)12-15)14-5-3-2-4-6-14/h2-12,25,27H,1H3,(H,23,24,26). The second-order valence-corrected chi connectivity index (χ2v) is 5.96. The Morgan fingerprint density at radius 2 is 1.78 bits per heavy atom. The van der Waals surface area contributed by atoms with Gasteiger partial charge in [-0.25, -0.2) is 4.39 Å². The summed E-state index contributed by atoms with van der Waals surface area (Å²) in [5, 5.41) is 24.3. The molecular formula is C21H17FN2O3. The molecule has 0 unspecified atom stereocenters. The van der Waals surface area contributed by atoms with Crippen LogP contribution in [0.4, 0.5) is 4.39 Å². The molecular weight excluding hydrogens is 347 g/mol. The predicted octanol–water partition coefficient (Wildman–Crippen LogP) is 4.07. The summed E-state index contributed by atoms with van der Waals surface area (Å²) in [6.45, 7) is 1.70. The Morgan fingerprint density at radius 1 is 1.04 bits per heavy atom. The van der Waals surface area contributed by atoms with Crippen molar-refractivity contribution in [3.05, 3.63) is 89.2 Å². The number of benzene rings is 3. The molecule has 0 aliphatic carbocycles. The van der Waals surface area contributed by atoms with Crippen molar-refractivity contribution in [2.24, 2.45) is 5.16 Å².